The summed E-state index contributed by atoms with van der Waals surface area (Å²) in [5.41, 5.74) is 0.869. The number of hydrogen-bond acceptors (Lipinski definition) is 6. The van der Waals surface area contributed by atoms with E-state index in [1.165, 1.54) is 12.8 Å². The Kier molecular flexibility index (Phi) is 11.4. The van der Waals surface area contributed by atoms with Gasteiger partial charge in [-0.2, -0.15) is 0 Å². The van der Waals surface area contributed by atoms with Crippen molar-refractivity contribution in [1.82, 2.24) is 4.98 Å². The van der Waals surface area contributed by atoms with Crippen LogP contribution in [0.3, 0.4) is 0 Å². The van der Waals surface area contributed by atoms with E-state index in [4.69, 9.17) is 13.9 Å². The molecular weight excluding hydrogens is 478 g/mol. The van der Waals surface area contributed by atoms with Crippen molar-refractivity contribution >= 4 is 17.1 Å². The number of fused-ring (bicyclic) bond motifs is 1. The molecule has 3 aromatic rings. The first-order valence-corrected chi connectivity index (χ1v) is 14.1. The quantitative estimate of drug-likeness (QED) is 0.140. The van der Waals surface area contributed by atoms with Crippen LogP contribution < -0.4 is 10.4 Å². The number of pyridine rings is 1. The van der Waals surface area contributed by atoms with Crippen molar-refractivity contribution in [1.29, 1.82) is 0 Å². The maximum atomic E-state index is 12.3. The van der Waals surface area contributed by atoms with Crippen LogP contribution in [0.25, 0.3) is 22.2 Å². The first kappa shape index (κ1) is 29.4. The summed E-state index contributed by atoms with van der Waals surface area (Å²) in [6.45, 7) is 9.54. The van der Waals surface area contributed by atoms with Gasteiger partial charge in [0.1, 0.15) is 5.75 Å². The van der Waals surface area contributed by atoms with Gasteiger partial charge in [-0.15, -0.1) is 0 Å². The van der Waals surface area contributed by atoms with Crippen molar-refractivity contribution in [2.75, 3.05) is 13.2 Å². The van der Waals surface area contributed by atoms with Gasteiger partial charge in [-0.3, -0.25) is 4.79 Å². The summed E-state index contributed by atoms with van der Waals surface area (Å²) in [4.78, 5) is 28.7. The summed E-state index contributed by atoms with van der Waals surface area (Å²) in [5.74, 6) is 1.33. The van der Waals surface area contributed by atoms with Gasteiger partial charge < -0.3 is 13.9 Å². The van der Waals surface area contributed by atoms with E-state index in [2.05, 4.69) is 18.8 Å². The number of aromatic nitrogens is 1. The summed E-state index contributed by atoms with van der Waals surface area (Å²) >= 11 is 0. The van der Waals surface area contributed by atoms with Gasteiger partial charge in [0, 0.05) is 11.6 Å². The lowest BCUT2D eigenvalue weighted by Gasteiger charge is -2.23. The molecule has 2 heterocycles. The molecule has 0 aliphatic carbocycles. The van der Waals surface area contributed by atoms with E-state index >= 15 is 0 Å². The minimum absolute atomic E-state index is 0.0651. The first-order valence-electron chi connectivity index (χ1n) is 14.1. The fraction of sp³-hybridized carbons (Fsp3) is 0.531. The highest BCUT2D eigenvalue weighted by Crippen LogP contribution is 2.27. The normalized spacial score (nSPS) is 11.7. The maximum absolute atomic E-state index is 12.3. The Balaban J connectivity index is 1.24. The molecular formula is C32H43NO5. The highest BCUT2D eigenvalue weighted by Gasteiger charge is 2.29. The van der Waals surface area contributed by atoms with Crippen LogP contribution in [0.5, 0.6) is 5.75 Å². The van der Waals surface area contributed by atoms with Gasteiger partial charge in [0.05, 0.1) is 24.2 Å². The van der Waals surface area contributed by atoms with E-state index in [1.54, 1.807) is 6.20 Å². The van der Waals surface area contributed by atoms with Crippen LogP contribution in [-0.2, 0) is 9.53 Å². The van der Waals surface area contributed by atoms with Crippen molar-refractivity contribution in [3.05, 3.63) is 59.1 Å². The Morgan fingerprint density at radius 1 is 0.947 bits per heavy atom. The Bertz CT molecular complexity index is 1200. The van der Waals surface area contributed by atoms with Crippen LogP contribution >= 0.6 is 0 Å². The molecule has 6 nitrogen and oxygen atoms in total. The summed E-state index contributed by atoms with van der Waals surface area (Å²) in [6, 6.07) is 13.0. The topological polar surface area (TPSA) is 78.6 Å². The molecule has 0 saturated heterocycles. The lowest BCUT2D eigenvalue weighted by Crippen LogP contribution is -2.27. The number of carbonyl (C=O) groups excluding carboxylic acids is 1. The molecule has 0 aliphatic rings. The van der Waals surface area contributed by atoms with E-state index in [0.29, 0.717) is 30.4 Å². The van der Waals surface area contributed by atoms with Gasteiger partial charge in [-0.05, 0) is 81.3 Å². The van der Waals surface area contributed by atoms with Crippen LogP contribution in [0, 0.1) is 11.3 Å². The molecule has 206 valence electrons. The van der Waals surface area contributed by atoms with E-state index in [9.17, 15) is 9.59 Å². The van der Waals surface area contributed by atoms with Crippen LogP contribution in [0.15, 0.2) is 57.9 Å². The second-order valence-electron chi connectivity index (χ2n) is 11.1. The fourth-order valence-corrected chi connectivity index (χ4v) is 4.28. The Morgan fingerprint density at radius 3 is 2.29 bits per heavy atom. The molecule has 0 saturated carbocycles. The van der Waals surface area contributed by atoms with Gasteiger partial charge in [-0.1, -0.05) is 58.1 Å². The number of benzene rings is 1. The smallest absolute Gasteiger partial charge is 0.345 e. The van der Waals surface area contributed by atoms with E-state index in [0.717, 1.165) is 61.6 Å². The molecule has 0 amide bonds. The minimum atomic E-state index is -0.396. The molecule has 3 rings (SSSR count). The second-order valence-corrected chi connectivity index (χ2v) is 11.1. The molecule has 6 heteroatoms. The first-order chi connectivity index (χ1) is 18.3. The van der Waals surface area contributed by atoms with Crippen LogP contribution in [-0.4, -0.2) is 24.2 Å². The lowest BCUT2D eigenvalue weighted by atomic mass is 9.85. The maximum Gasteiger partial charge on any atom is 0.345 e. The molecule has 2 aromatic heterocycles. The third kappa shape index (κ3) is 9.30. The number of rotatable bonds is 16. The molecule has 38 heavy (non-hydrogen) atoms. The Hall–Kier alpha value is -3.15. The van der Waals surface area contributed by atoms with Gasteiger partial charge in [-0.25, -0.2) is 9.78 Å². The molecule has 0 atom stereocenters. The van der Waals surface area contributed by atoms with Gasteiger partial charge >= 0.3 is 11.6 Å². The zero-order valence-electron chi connectivity index (χ0n) is 23.5. The summed E-state index contributed by atoms with van der Waals surface area (Å²) < 4.78 is 16.7. The van der Waals surface area contributed by atoms with Crippen LogP contribution in [0.2, 0.25) is 0 Å². The highest BCUT2D eigenvalue weighted by molar-refractivity contribution is 5.79. The zero-order valence-corrected chi connectivity index (χ0v) is 23.5. The standard InChI is InChI=1S/C32H43NO5/c1-24(2)18-19-32(3,4)31(35)37-22-11-9-7-5-6-8-10-21-36-27-16-14-25(15-17-27)28-23-26-13-12-20-33-29(26)38-30(28)34/h12-17,20,23-24H,5-11,18-19,21-22H2,1-4H3. The van der Waals surface area contributed by atoms with E-state index in [-0.39, 0.29) is 11.4 Å². The molecule has 0 spiro atoms. The minimum Gasteiger partial charge on any atom is -0.494 e. The molecule has 1 aromatic carbocycles. The van der Waals surface area contributed by atoms with Crippen molar-refractivity contribution in [3.8, 4) is 16.9 Å². The zero-order chi connectivity index (χ0) is 27.4. The number of esters is 1. The molecule has 0 N–H and O–H groups in total. The summed E-state index contributed by atoms with van der Waals surface area (Å²) in [6.07, 6.45) is 11.2. The lowest BCUT2D eigenvalue weighted by molar-refractivity contribution is -0.154. The average molecular weight is 522 g/mol. The third-order valence-corrected chi connectivity index (χ3v) is 6.86. The van der Waals surface area contributed by atoms with Crippen molar-refractivity contribution in [3.63, 3.8) is 0 Å². The van der Waals surface area contributed by atoms with E-state index < -0.39 is 5.63 Å². The third-order valence-electron chi connectivity index (χ3n) is 6.86. The van der Waals surface area contributed by atoms with Gasteiger partial charge in [0.25, 0.3) is 0 Å². The average Bonchev–Trinajstić information content (AvgIpc) is 2.90. The van der Waals surface area contributed by atoms with Gasteiger partial charge in [0.2, 0.25) is 5.71 Å². The molecule has 0 fully saturated rings. The number of ether oxygens (including phenoxy) is 2. The van der Waals surface area contributed by atoms with Crippen LogP contribution in [0.4, 0.5) is 0 Å². The number of carbonyl (C=O) groups is 1. The largest absolute Gasteiger partial charge is 0.494 e. The Morgan fingerprint density at radius 2 is 1.61 bits per heavy atom. The predicted molar refractivity (Wildman–Crippen MR) is 152 cm³/mol. The second kappa shape index (κ2) is 14.7. The SMILES string of the molecule is CC(C)CCC(C)(C)C(=O)OCCCCCCCCCOc1ccc(-c2cc3cccnc3oc2=O)cc1. The predicted octanol–water partition coefficient (Wildman–Crippen LogP) is 7.97. The summed E-state index contributed by atoms with van der Waals surface area (Å²) in [7, 11) is 0. The van der Waals surface area contributed by atoms with Crippen molar-refractivity contribution < 1.29 is 18.7 Å². The monoisotopic (exact) mass is 521 g/mol. The van der Waals surface area contributed by atoms with Gasteiger partial charge in [0.15, 0.2) is 0 Å². The molecule has 0 unspecified atom stereocenters. The molecule has 0 bridgehead atoms. The summed E-state index contributed by atoms with van der Waals surface area (Å²) in [5, 5.41) is 0.794. The molecule has 0 aliphatic heterocycles. The number of hydrogen-bond donors (Lipinski definition) is 0. The molecule has 0 radical (unpaired) electrons. The number of unbranched alkanes of at least 4 members (excludes halogenated alkanes) is 6. The van der Waals surface area contributed by atoms with Crippen molar-refractivity contribution in [2.24, 2.45) is 11.3 Å². The Labute approximate surface area is 226 Å². The van der Waals surface area contributed by atoms with Crippen molar-refractivity contribution in [2.45, 2.75) is 85.5 Å². The van der Waals surface area contributed by atoms with E-state index in [1.807, 2.05) is 56.3 Å². The van der Waals surface area contributed by atoms with Crippen LogP contribution in [0.1, 0.15) is 85.5 Å². The highest BCUT2D eigenvalue weighted by atomic mass is 16.5. The number of nitrogens with zero attached hydrogens (tertiary/aromatic N) is 1. The fourth-order valence-electron chi connectivity index (χ4n) is 4.28.